The molecule has 1 N–H and O–H groups in total. The van der Waals surface area contributed by atoms with E-state index in [-0.39, 0.29) is 17.2 Å². The van der Waals surface area contributed by atoms with E-state index < -0.39 is 5.97 Å². The Morgan fingerprint density at radius 3 is 2.90 bits per heavy atom. The number of hydrogen-bond acceptors (Lipinski definition) is 3. The predicted octanol–water partition coefficient (Wildman–Crippen LogP) is 2.19. The Labute approximate surface area is 121 Å². The Kier molecular flexibility index (Phi) is 3.51. The molecule has 3 rings (SSSR count). The summed E-state index contributed by atoms with van der Waals surface area (Å²) in [5.74, 6) is -1.08. The quantitative estimate of drug-likeness (QED) is 0.939. The van der Waals surface area contributed by atoms with Gasteiger partial charge in [-0.3, -0.25) is 4.79 Å². The summed E-state index contributed by atoms with van der Waals surface area (Å²) in [7, 11) is 0. The fourth-order valence-corrected chi connectivity index (χ4v) is 2.85. The summed E-state index contributed by atoms with van der Waals surface area (Å²) in [6.07, 6.45) is 1.96. The number of carboxylic acid groups (broad SMARTS) is 1. The number of hydrogen-bond donors (Lipinski definition) is 1. The zero-order valence-electron chi connectivity index (χ0n) is 11.8. The van der Waals surface area contributed by atoms with Crippen molar-refractivity contribution in [3.8, 4) is 0 Å². The lowest BCUT2D eigenvalue weighted by molar-refractivity contribution is 0.0698. The maximum Gasteiger partial charge on any atom is 0.336 e. The van der Waals surface area contributed by atoms with Crippen LogP contribution in [0.1, 0.15) is 28.8 Å². The SMILES string of the molecule is Cc1ccc2c(C(=O)O)cc(=O)n(CC3CCCO3)c2c1. The van der Waals surface area contributed by atoms with E-state index in [0.29, 0.717) is 17.4 Å². The van der Waals surface area contributed by atoms with Gasteiger partial charge in [0.1, 0.15) is 0 Å². The molecule has 110 valence electrons. The molecule has 5 nitrogen and oxygen atoms in total. The number of fused-ring (bicyclic) bond motifs is 1. The number of ether oxygens (including phenoxy) is 1. The average Bonchev–Trinajstić information content (AvgIpc) is 2.94. The van der Waals surface area contributed by atoms with Gasteiger partial charge in [0.15, 0.2) is 0 Å². The van der Waals surface area contributed by atoms with Gasteiger partial charge in [-0.15, -0.1) is 0 Å². The Morgan fingerprint density at radius 1 is 1.43 bits per heavy atom. The van der Waals surface area contributed by atoms with E-state index in [1.165, 1.54) is 6.07 Å². The van der Waals surface area contributed by atoms with Crippen LogP contribution in [0.2, 0.25) is 0 Å². The van der Waals surface area contributed by atoms with Crippen LogP contribution in [0.15, 0.2) is 29.1 Å². The van der Waals surface area contributed by atoms with E-state index in [1.807, 2.05) is 19.1 Å². The number of rotatable bonds is 3. The molecular formula is C16H17NO4. The van der Waals surface area contributed by atoms with Gasteiger partial charge in [-0.2, -0.15) is 0 Å². The van der Waals surface area contributed by atoms with Gasteiger partial charge in [-0.1, -0.05) is 12.1 Å². The number of carbonyl (C=O) groups is 1. The molecule has 0 spiro atoms. The van der Waals surface area contributed by atoms with Crippen LogP contribution in [0.3, 0.4) is 0 Å². The number of aromatic nitrogens is 1. The topological polar surface area (TPSA) is 68.5 Å². The van der Waals surface area contributed by atoms with Crippen molar-refractivity contribution in [2.45, 2.75) is 32.4 Å². The van der Waals surface area contributed by atoms with Crippen molar-refractivity contribution >= 4 is 16.9 Å². The van der Waals surface area contributed by atoms with Crippen molar-refractivity contribution in [3.63, 3.8) is 0 Å². The van der Waals surface area contributed by atoms with Gasteiger partial charge in [0.25, 0.3) is 5.56 Å². The first-order valence-corrected chi connectivity index (χ1v) is 7.05. The molecule has 1 atom stereocenters. The van der Waals surface area contributed by atoms with Crippen molar-refractivity contribution in [2.24, 2.45) is 0 Å². The molecule has 1 aromatic carbocycles. The van der Waals surface area contributed by atoms with Gasteiger partial charge >= 0.3 is 5.97 Å². The van der Waals surface area contributed by atoms with Gasteiger partial charge in [0, 0.05) is 18.1 Å². The number of aromatic carboxylic acids is 1. The first kappa shape index (κ1) is 13.8. The number of pyridine rings is 1. The Hall–Kier alpha value is -2.14. The highest BCUT2D eigenvalue weighted by molar-refractivity contribution is 6.02. The molecule has 0 aliphatic carbocycles. The standard InChI is InChI=1S/C16H17NO4/c1-10-4-5-12-13(16(19)20)8-15(18)17(14(12)7-10)9-11-3-2-6-21-11/h4-5,7-8,11H,2-3,6,9H2,1H3,(H,19,20). The summed E-state index contributed by atoms with van der Waals surface area (Å²) in [6.45, 7) is 3.12. The lowest BCUT2D eigenvalue weighted by Crippen LogP contribution is -2.27. The molecule has 0 bridgehead atoms. The number of benzene rings is 1. The molecule has 1 fully saturated rings. The summed E-state index contributed by atoms with van der Waals surface area (Å²) >= 11 is 0. The van der Waals surface area contributed by atoms with Crippen molar-refractivity contribution in [2.75, 3.05) is 6.61 Å². The largest absolute Gasteiger partial charge is 0.478 e. The minimum atomic E-state index is -1.08. The summed E-state index contributed by atoms with van der Waals surface area (Å²) in [6, 6.07) is 6.68. The van der Waals surface area contributed by atoms with E-state index >= 15 is 0 Å². The van der Waals surface area contributed by atoms with E-state index in [4.69, 9.17) is 4.74 Å². The lowest BCUT2D eigenvalue weighted by Gasteiger charge is -2.16. The van der Waals surface area contributed by atoms with Crippen LogP contribution in [-0.2, 0) is 11.3 Å². The summed E-state index contributed by atoms with van der Waals surface area (Å²) < 4.78 is 7.22. The smallest absolute Gasteiger partial charge is 0.336 e. The zero-order valence-corrected chi connectivity index (χ0v) is 11.8. The molecule has 2 heterocycles. The molecule has 5 heteroatoms. The first-order valence-electron chi connectivity index (χ1n) is 7.05. The summed E-state index contributed by atoms with van der Waals surface area (Å²) in [4.78, 5) is 23.6. The summed E-state index contributed by atoms with van der Waals surface area (Å²) in [5.41, 5.74) is 1.42. The summed E-state index contributed by atoms with van der Waals surface area (Å²) in [5, 5.41) is 9.87. The second-order valence-electron chi connectivity index (χ2n) is 5.47. The van der Waals surface area contributed by atoms with Crippen molar-refractivity contribution in [1.82, 2.24) is 4.57 Å². The fourth-order valence-electron chi connectivity index (χ4n) is 2.85. The van der Waals surface area contributed by atoms with Crippen LogP contribution in [0.5, 0.6) is 0 Å². The molecular weight excluding hydrogens is 270 g/mol. The molecule has 1 aromatic heterocycles. The second kappa shape index (κ2) is 5.33. The maximum absolute atomic E-state index is 12.3. The van der Waals surface area contributed by atoms with Crippen LogP contribution in [0.4, 0.5) is 0 Å². The monoisotopic (exact) mass is 287 g/mol. The van der Waals surface area contributed by atoms with Crippen LogP contribution < -0.4 is 5.56 Å². The molecule has 2 aromatic rings. The molecule has 0 saturated carbocycles. The Bertz CT molecular complexity index is 757. The number of aryl methyl sites for hydroxylation is 1. The van der Waals surface area contributed by atoms with Crippen molar-refractivity contribution in [1.29, 1.82) is 0 Å². The molecule has 1 saturated heterocycles. The van der Waals surface area contributed by atoms with E-state index in [1.54, 1.807) is 10.6 Å². The minimum absolute atomic E-state index is 0.0297. The van der Waals surface area contributed by atoms with Crippen molar-refractivity contribution < 1.29 is 14.6 Å². The predicted molar refractivity (Wildman–Crippen MR) is 78.9 cm³/mol. The number of carboxylic acids is 1. The molecule has 0 radical (unpaired) electrons. The highest BCUT2D eigenvalue weighted by atomic mass is 16.5. The molecule has 1 unspecified atom stereocenters. The van der Waals surface area contributed by atoms with E-state index in [9.17, 15) is 14.7 Å². The highest BCUT2D eigenvalue weighted by Gasteiger charge is 2.20. The van der Waals surface area contributed by atoms with Crippen LogP contribution in [-0.4, -0.2) is 28.4 Å². The number of nitrogens with zero attached hydrogens (tertiary/aromatic N) is 1. The third-order valence-electron chi connectivity index (χ3n) is 3.91. The van der Waals surface area contributed by atoms with Gasteiger partial charge in [0.2, 0.25) is 0 Å². The van der Waals surface area contributed by atoms with E-state index in [2.05, 4.69) is 0 Å². The van der Waals surface area contributed by atoms with Gasteiger partial charge < -0.3 is 14.4 Å². The zero-order chi connectivity index (χ0) is 15.0. The van der Waals surface area contributed by atoms with Gasteiger partial charge in [-0.05, 0) is 31.4 Å². The van der Waals surface area contributed by atoms with Gasteiger partial charge in [0.05, 0.1) is 23.7 Å². The molecule has 1 aliphatic rings. The Morgan fingerprint density at radius 2 is 2.24 bits per heavy atom. The third kappa shape index (κ3) is 2.56. The van der Waals surface area contributed by atoms with Crippen LogP contribution in [0.25, 0.3) is 10.9 Å². The Balaban J connectivity index is 2.20. The van der Waals surface area contributed by atoms with Crippen LogP contribution >= 0.6 is 0 Å². The van der Waals surface area contributed by atoms with E-state index in [0.717, 1.165) is 25.0 Å². The highest BCUT2D eigenvalue weighted by Crippen LogP contribution is 2.21. The normalized spacial score (nSPS) is 18.2. The lowest BCUT2D eigenvalue weighted by atomic mass is 10.1. The van der Waals surface area contributed by atoms with Gasteiger partial charge in [-0.25, -0.2) is 4.79 Å². The average molecular weight is 287 g/mol. The molecule has 0 amide bonds. The fraction of sp³-hybridized carbons (Fsp3) is 0.375. The maximum atomic E-state index is 12.3. The minimum Gasteiger partial charge on any atom is -0.478 e. The molecule has 21 heavy (non-hydrogen) atoms. The molecule has 1 aliphatic heterocycles. The van der Waals surface area contributed by atoms with Crippen molar-refractivity contribution in [3.05, 3.63) is 45.7 Å². The second-order valence-corrected chi connectivity index (χ2v) is 5.47. The first-order chi connectivity index (χ1) is 10.1. The van der Waals surface area contributed by atoms with Crippen LogP contribution in [0, 0.1) is 6.92 Å². The third-order valence-corrected chi connectivity index (χ3v) is 3.91.